The van der Waals surface area contributed by atoms with E-state index < -0.39 is 0 Å². The quantitative estimate of drug-likeness (QED) is 0.374. The highest BCUT2D eigenvalue weighted by Crippen LogP contribution is 2.09. The van der Waals surface area contributed by atoms with Crippen LogP contribution >= 0.6 is 0 Å². The largest absolute Gasteiger partial charge is 0.272 e. The van der Waals surface area contributed by atoms with Gasteiger partial charge in [0, 0.05) is 19.5 Å². The molecule has 70 valence electrons. The Balaban J connectivity index is 2.39. The van der Waals surface area contributed by atoms with Crippen LogP contribution < -0.4 is 5.84 Å². The predicted octanol–water partition coefficient (Wildman–Crippen LogP) is 0.500. The van der Waals surface area contributed by atoms with Crippen molar-refractivity contribution < 1.29 is 4.79 Å². The van der Waals surface area contributed by atoms with E-state index in [-0.39, 0.29) is 5.91 Å². The minimum Gasteiger partial charge on any atom is -0.272 e. The van der Waals surface area contributed by atoms with E-state index in [1.807, 2.05) is 11.9 Å². The second-order valence-electron chi connectivity index (χ2n) is 3.11. The summed E-state index contributed by atoms with van der Waals surface area (Å²) < 4.78 is 0. The fourth-order valence-electron chi connectivity index (χ4n) is 1.41. The maximum atomic E-state index is 11.2. The molecule has 0 aliphatic carbocycles. The van der Waals surface area contributed by atoms with Crippen molar-refractivity contribution in [3.05, 3.63) is 0 Å². The lowest BCUT2D eigenvalue weighted by atomic mass is 10.2. The average Bonchev–Trinajstić information content (AvgIpc) is 2.17. The molecule has 1 amide bonds. The monoisotopic (exact) mass is 171 g/mol. The van der Waals surface area contributed by atoms with E-state index >= 15 is 0 Å². The van der Waals surface area contributed by atoms with Gasteiger partial charge < -0.3 is 0 Å². The summed E-state index contributed by atoms with van der Waals surface area (Å²) in [6.07, 6.45) is 4.02. The summed E-state index contributed by atoms with van der Waals surface area (Å²) in [7, 11) is 0. The standard InChI is InChI=1S/C8H17N3O/c1-2-8(12)11(9)10-6-4-3-5-7-10/h2-7,9H2,1H3. The van der Waals surface area contributed by atoms with Crippen molar-refractivity contribution in [3.8, 4) is 0 Å². The van der Waals surface area contributed by atoms with Gasteiger partial charge in [0.05, 0.1) is 0 Å². The third-order valence-corrected chi connectivity index (χ3v) is 2.20. The lowest BCUT2D eigenvalue weighted by molar-refractivity contribution is -0.151. The summed E-state index contributed by atoms with van der Waals surface area (Å²) >= 11 is 0. The number of hydrogen-bond donors (Lipinski definition) is 1. The molecule has 0 unspecified atom stereocenters. The van der Waals surface area contributed by atoms with Crippen molar-refractivity contribution in [1.82, 2.24) is 10.1 Å². The third-order valence-electron chi connectivity index (χ3n) is 2.20. The van der Waals surface area contributed by atoms with Crippen molar-refractivity contribution in [2.24, 2.45) is 5.84 Å². The van der Waals surface area contributed by atoms with Crippen LogP contribution in [-0.2, 0) is 4.79 Å². The van der Waals surface area contributed by atoms with E-state index in [0.717, 1.165) is 25.9 Å². The molecule has 0 aromatic carbocycles. The summed E-state index contributed by atoms with van der Waals surface area (Å²) in [6.45, 7) is 3.66. The third kappa shape index (κ3) is 2.19. The molecule has 0 atom stereocenters. The van der Waals surface area contributed by atoms with Crippen LogP contribution in [0.5, 0.6) is 0 Å². The molecule has 0 radical (unpaired) electrons. The fourth-order valence-corrected chi connectivity index (χ4v) is 1.41. The van der Waals surface area contributed by atoms with Crippen molar-refractivity contribution >= 4 is 5.91 Å². The minimum absolute atomic E-state index is 0.00287. The molecule has 1 aliphatic rings. The molecular weight excluding hydrogens is 154 g/mol. The van der Waals surface area contributed by atoms with Gasteiger partial charge in [-0.15, -0.1) is 0 Å². The highest BCUT2D eigenvalue weighted by atomic mass is 16.2. The lowest BCUT2D eigenvalue weighted by Crippen LogP contribution is -2.52. The van der Waals surface area contributed by atoms with E-state index in [9.17, 15) is 4.79 Å². The first kappa shape index (κ1) is 9.48. The van der Waals surface area contributed by atoms with Crippen molar-refractivity contribution in [3.63, 3.8) is 0 Å². The van der Waals surface area contributed by atoms with Gasteiger partial charge in [0.1, 0.15) is 0 Å². The summed E-state index contributed by atoms with van der Waals surface area (Å²) in [5, 5.41) is 3.20. The normalized spacial score (nSPS) is 19.2. The van der Waals surface area contributed by atoms with E-state index in [2.05, 4.69) is 0 Å². The van der Waals surface area contributed by atoms with E-state index in [1.54, 1.807) is 0 Å². The second kappa shape index (κ2) is 4.42. The van der Waals surface area contributed by atoms with Crippen molar-refractivity contribution in [2.45, 2.75) is 32.6 Å². The van der Waals surface area contributed by atoms with Gasteiger partial charge in [-0.05, 0) is 12.8 Å². The van der Waals surface area contributed by atoms with E-state index in [1.165, 1.54) is 11.5 Å². The molecule has 1 fully saturated rings. The minimum atomic E-state index is -0.00287. The summed E-state index contributed by atoms with van der Waals surface area (Å²) in [6, 6.07) is 0. The SMILES string of the molecule is CCC(=O)N(N)N1CCCCC1. The number of hydrazine groups is 2. The Hall–Kier alpha value is -0.610. The first-order chi connectivity index (χ1) is 5.75. The summed E-state index contributed by atoms with van der Waals surface area (Å²) in [4.78, 5) is 11.2. The first-order valence-electron chi connectivity index (χ1n) is 4.58. The predicted molar refractivity (Wildman–Crippen MR) is 46.7 cm³/mol. The molecule has 0 aromatic rings. The number of nitrogens with zero attached hydrogens (tertiary/aromatic N) is 2. The molecule has 0 aromatic heterocycles. The topological polar surface area (TPSA) is 49.6 Å². The number of hydrogen-bond acceptors (Lipinski definition) is 3. The van der Waals surface area contributed by atoms with Crippen LogP contribution in [0.25, 0.3) is 0 Å². The van der Waals surface area contributed by atoms with E-state index in [4.69, 9.17) is 5.84 Å². The van der Waals surface area contributed by atoms with Gasteiger partial charge in [0.2, 0.25) is 0 Å². The van der Waals surface area contributed by atoms with Gasteiger partial charge in [-0.2, -0.15) is 0 Å². The molecule has 0 saturated carbocycles. The summed E-state index contributed by atoms with van der Waals surface area (Å²) in [5.41, 5.74) is 0. The second-order valence-corrected chi connectivity index (χ2v) is 3.11. The van der Waals surface area contributed by atoms with Gasteiger partial charge >= 0.3 is 0 Å². The Morgan fingerprint density at radius 1 is 1.42 bits per heavy atom. The molecule has 0 spiro atoms. The van der Waals surface area contributed by atoms with Crippen LogP contribution in [0.1, 0.15) is 32.6 Å². The smallest absolute Gasteiger partial charge is 0.251 e. The Morgan fingerprint density at radius 3 is 2.50 bits per heavy atom. The molecule has 4 heteroatoms. The molecule has 0 bridgehead atoms. The van der Waals surface area contributed by atoms with Crippen LogP contribution in [0.3, 0.4) is 0 Å². The van der Waals surface area contributed by atoms with Gasteiger partial charge in [0.15, 0.2) is 0 Å². The molecule has 1 rings (SSSR count). The Kier molecular flexibility index (Phi) is 3.49. The average molecular weight is 171 g/mol. The zero-order valence-electron chi connectivity index (χ0n) is 7.62. The Bertz CT molecular complexity index is 154. The zero-order chi connectivity index (χ0) is 8.97. The van der Waals surface area contributed by atoms with Crippen molar-refractivity contribution in [1.29, 1.82) is 0 Å². The number of piperidine rings is 1. The maximum absolute atomic E-state index is 11.2. The lowest BCUT2D eigenvalue weighted by Gasteiger charge is -2.33. The maximum Gasteiger partial charge on any atom is 0.251 e. The Labute approximate surface area is 73.2 Å². The van der Waals surface area contributed by atoms with E-state index in [0.29, 0.717) is 6.42 Å². The number of amides is 1. The molecule has 12 heavy (non-hydrogen) atoms. The zero-order valence-corrected chi connectivity index (χ0v) is 7.62. The number of rotatable bonds is 2. The van der Waals surface area contributed by atoms with Crippen LogP contribution in [0.2, 0.25) is 0 Å². The number of nitrogens with two attached hydrogens (primary N) is 1. The fraction of sp³-hybridized carbons (Fsp3) is 0.875. The number of carbonyl (C=O) groups is 1. The first-order valence-corrected chi connectivity index (χ1v) is 4.58. The van der Waals surface area contributed by atoms with Gasteiger partial charge in [-0.1, -0.05) is 13.3 Å². The molecule has 2 N–H and O–H groups in total. The highest BCUT2D eigenvalue weighted by molar-refractivity contribution is 5.74. The highest BCUT2D eigenvalue weighted by Gasteiger charge is 2.18. The van der Waals surface area contributed by atoms with Crippen LogP contribution in [0.4, 0.5) is 0 Å². The molecular formula is C8H17N3O. The van der Waals surface area contributed by atoms with Crippen LogP contribution in [0.15, 0.2) is 0 Å². The molecule has 4 nitrogen and oxygen atoms in total. The van der Waals surface area contributed by atoms with Crippen LogP contribution in [0, 0.1) is 0 Å². The van der Waals surface area contributed by atoms with Gasteiger partial charge in [-0.25, -0.2) is 16.0 Å². The Morgan fingerprint density at radius 2 is 2.00 bits per heavy atom. The number of carbonyl (C=O) groups excluding carboxylic acids is 1. The van der Waals surface area contributed by atoms with Gasteiger partial charge in [-0.3, -0.25) is 4.79 Å². The van der Waals surface area contributed by atoms with Crippen molar-refractivity contribution in [2.75, 3.05) is 13.1 Å². The van der Waals surface area contributed by atoms with Gasteiger partial charge in [0.25, 0.3) is 5.91 Å². The van der Waals surface area contributed by atoms with Crippen LogP contribution in [-0.4, -0.2) is 29.1 Å². The molecule has 1 heterocycles. The molecule has 1 aliphatic heterocycles. The molecule has 1 saturated heterocycles. The summed E-state index contributed by atoms with van der Waals surface area (Å²) in [5.74, 6) is 5.61.